The van der Waals surface area contributed by atoms with Gasteiger partial charge in [0, 0.05) is 13.1 Å². The van der Waals surface area contributed by atoms with Crippen molar-refractivity contribution >= 4 is 18.1 Å². The van der Waals surface area contributed by atoms with Gasteiger partial charge in [0.2, 0.25) is 0 Å². The minimum Gasteiger partial charge on any atom is -0.465 e. The Hall–Kier alpha value is -2.20. The molecule has 0 aromatic carbocycles. The highest BCUT2D eigenvalue weighted by atomic mass is 19.4. The van der Waals surface area contributed by atoms with Crippen LogP contribution in [-0.4, -0.2) is 64.6 Å². The Bertz CT molecular complexity index is 414. The molecule has 0 saturated carbocycles. The van der Waals surface area contributed by atoms with Crippen molar-refractivity contribution in [1.29, 1.82) is 0 Å². The van der Waals surface area contributed by atoms with Gasteiger partial charge in [0.25, 0.3) is 0 Å². The van der Waals surface area contributed by atoms with E-state index >= 15 is 0 Å². The average molecular weight is 299 g/mol. The van der Waals surface area contributed by atoms with Gasteiger partial charge < -0.3 is 25.7 Å². The molecule has 3 amide bonds. The maximum Gasteiger partial charge on any atom is 0.471 e. The molecule has 1 saturated heterocycles. The minimum absolute atomic E-state index is 0.126. The van der Waals surface area contributed by atoms with Crippen LogP contribution in [0.2, 0.25) is 0 Å². The first-order chi connectivity index (χ1) is 9.11. The molecular formula is C9H12F3N3O5. The molecule has 0 aromatic rings. The summed E-state index contributed by atoms with van der Waals surface area (Å²) in [5.74, 6) is -2.08. The smallest absolute Gasteiger partial charge is 0.465 e. The molecule has 1 aliphatic rings. The Labute approximate surface area is 110 Å². The van der Waals surface area contributed by atoms with Crippen molar-refractivity contribution in [2.75, 3.05) is 13.1 Å². The molecule has 11 heteroatoms. The van der Waals surface area contributed by atoms with Crippen molar-refractivity contribution in [2.45, 2.75) is 24.7 Å². The van der Waals surface area contributed by atoms with Crippen LogP contribution in [0.3, 0.4) is 0 Å². The molecular weight excluding hydrogens is 287 g/mol. The molecule has 2 atom stereocenters. The van der Waals surface area contributed by atoms with Crippen LogP contribution in [0.15, 0.2) is 0 Å². The van der Waals surface area contributed by atoms with Gasteiger partial charge in [0.1, 0.15) is 0 Å². The zero-order valence-corrected chi connectivity index (χ0v) is 9.98. The monoisotopic (exact) mass is 299 g/mol. The highest BCUT2D eigenvalue weighted by Gasteiger charge is 2.45. The van der Waals surface area contributed by atoms with Crippen molar-refractivity contribution in [1.82, 2.24) is 15.5 Å². The zero-order valence-electron chi connectivity index (χ0n) is 9.98. The first kappa shape index (κ1) is 15.9. The number of nitrogens with one attached hydrogen (secondary N) is 2. The maximum absolute atomic E-state index is 12.3. The Morgan fingerprint density at radius 1 is 1.05 bits per heavy atom. The molecule has 4 N–H and O–H groups in total. The number of piperidine rings is 1. The van der Waals surface area contributed by atoms with Crippen LogP contribution in [0.4, 0.5) is 22.8 Å². The highest BCUT2D eigenvalue weighted by molar-refractivity contribution is 5.82. The molecule has 0 spiro atoms. The number of likely N-dealkylation sites (tertiary alicyclic amines) is 1. The molecule has 1 rings (SSSR count). The Kier molecular flexibility index (Phi) is 4.63. The lowest BCUT2D eigenvalue weighted by Gasteiger charge is -2.38. The predicted molar refractivity (Wildman–Crippen MR) is 57.1 cm³/mol. The fraction of sp³-hybridized carbons (Fsp3) is 0.667. The molecule has 1 fully saturated rings. The molecule has 8 nitrogen and oxygen atoms in total. The van der Waals surface area contributed by atoms with Gasteiger partial charge in [-0.3, -0.25) is 4.79 Å². The number of hydrogen-bond donors (Lipinski definition) is 4. The van der Waals surface area contributed by atoms with Crippen molar-refractivity contribution in [3.8, 4) is 0 Å². The number of nitrogens with zero attached hydrogens (tertiary/aromatic N) is 1. The SMILES string of the molecule is O=C(O)N[C@H]1CN(C(=O)C(F)(F)F)CC[C@H]1NC(=O)O. The summed E-state index contributed by atoms with van der Waals surface area (Å²) in [5.41, 5.74) is 0. The summed E-state index contributed by atoms with van der Waals surface area (Å²) >= 11 is 0. The van der Waals surface area contributed by atoms with Gasteiger partial charge >= 0.3 is 24.3 Å². The van der Waals surface area contributed by atoms with E-state index in [0.717, 1.165) is 0 Å². The molecule has 1 heterocycles. The summed E-state index contributed by atoms with van der Waals surface area (Å²) in [6, 6.07) is -2.05. The molecule has 20 heavy (non-hydrogen) atoms. The second kappa shape index (κ2) is 5.84. The number of carbonyl (C=O) groups excluding carboxylic acids is 1. The highest BCUT2D eigenvalue weighted by Crippen LogP contribution is 2.21. The number of rotatable bonds is 2. The van der Waals surface area contributed by atoms with Gasteiger partial charge in [-0.15, -0.1) is 0 Å². The summed E-state index contributed by atoms with van der Waals surface area (Å²) in [6.07, 6.45) is -8.13. The lowest BCUT2D eigenvalue weighted by molar-refractivity contribution is -0.186. The minimum atomic E-state index is -5.05. The third-order valence-corrected chi connectivity index (χ3v) is 2.76. The topological polar surface area (TPSA) is 119 Å². The summed E-state index contributed by atoms with van der Waals surface area (Å²) in [6.45, 7) is -0.878. The van der Waals surface area contributed by atoms with Gasteiger partial charge in [-0.2, -0.15) is 13.2 Å². The fourth-order valence-corrected chi connectivity index (χ4v) is 1.95. The van der Waals surface area contributed by atoms with E-state index in [1.54, 1.807) is 0 Å². The fourth-order valence-electron chi connectivity index (χ4n) is 1.95. The van der Waals surface area contributed by atoms with Crippen molar-refractivity contribution in [3.05, 3.63) is 0 Å². The number of carboxylic acid groups (broad SMARTS) is 2. The zero-order chi connectivity index (χ0) is 15.5. The van der Waals surface area contributed by atoms with E-state index in [1.165, 1.54) is 0 Å². The lowest BCUT2D eigenvalue weighted by Crippen LogP contribution is -2.62. The second-order valence-electron chi connectivity index (χ2n) is 4.15. The van der Waals surface area contributed by atoms with Crippen LogP contribution in [0.1, 0.15) is 6.42 Å². The molecule has 0 bridgehead atoms. The normalized spacial score (nSPS) is 23.1. The van der Waals surface area contributed by atoms with Crippen LogP contribution in [0.25, 0.3) is 0 Å². The quantitative estimate of drug-likeness (QED) is 0.574. The van der Waals surface area contributed by atoms with E-state index in [4.69, 9.17) is 10.2 Å². The number of halogens is 3. The van der Waals surface area contributed by atoms with Crippen LogP contribution in [-0.2, 0) is 4.79 Å². The van der Waals surface area contributed by atoms with Crippen LogP contribution in [0.5, 0.6) is 0 Å². The molecule has 0 aromatic heterocycles. The second-order valence-corrected chi connectivity index (χ2v) is 4.15. The van der Waals surface area contributed by atoms with Gasteiger partial charge in [-0.25, -0.2) is 9.59 Å². The summed E-state index contributed by atoms with van der Waals surface area (Å²) in [5, 5.41) is 21.1. The summed E-state index contributed by atoms with van der Waals surface area (Å²) in [4.78, 5) is 32.6. The van der Waals surface area contributed by atoms with Crippen molar-refractivity contribution in [3.63, 3.8) is 0 Å². The van der Waals surface area contributed by atoms with Crippen LogP contribution < -0.4 is 10.6 Å². The number of amides is 3. The average Bonchev–Trinajstić information content (AvgIpc) is 2.28. The molecule has 0 unspecified atom stereocenters. The van der Waals surface area contributed by atoms with Gasteiger partial charge in [0.05, 0.1) is 12.1 Å². The van der Waals surface area contributed by atoms with Gasteiger partial charge in [-0.05, 0) is 6.42 Å². The van der Waals surface area contributed by atoms with E-state index in [0.29, 0.717) is 4.90 Å². The van der Waals surface area contributed by atoms with E-state index < -0.39 is 42.9 Å². The number of alkyl halides is 3. The van der Waals surface area contributed by atoms with E-state index in [2.05, 4.69) is 0 Å². The summed E-state index contributed by atoms with van der Waals surface area (Å²) < 4.78 is 36.9. The molecule has 114 valence electrons. The van der Waals surface area contributed by atoms with E-state index in [1.807, 2.05) is 10.6 Å². The van der Waals surface area contributed by atoms with E-state index in [-0.39, 0.29) is 13.0 Å². The third kappa shape index (κ3) is 4.17. The standard InChI is InChI=1S/C9H12F3N3O5/c10-9(11,12)6(16)15-2-1-4(13-7(17)18)5(3-15)14-8(19)20/h4-5,13-14H,1-3H2,(H,17,18)(H,19,20)/t4-,5+/m1/s1. The van der Waals surface area contributed by atoms with Gasteiger partial charge in [0.15, 0.2) is 0 Å². The predicted octanol–water partition coefficient (Wildman–Crippen LogP) is 0.0534. The Morgan fingerprint density at radius 2 is 1.55 bits per heavy atom. The number of hydrogen-bond acceptors (Lipinski definition) is 3. The van der Waals surface area contributed by atoms with E-state index in [9.17, 15) is 27.6 Å². The maximum atomic E-state index is 12.3. The summed E-state index contributed by atoms with van der Waals surface area (Å²) in [7, 11) is 0. The molecule has 0 radical (unpaired) electrons. The van der Waals surface area contributed by atoms with Crippen molar-refractivity contribution < 1.29 is 37.8 Å². The lowest BCUT2D eigenvalue weighted by atomic mass is 9.99. The molecule has 1 aliphatic heterocycles. The van der Waals surface area contributed by atoms with Crippen LogP contribution in [0, 0.1) is 0 Å². The molecule has 0 aliphatic carbocycles. The first-order valence-electron chi connectivity index (χ1n) is 5.46. The first-order valence-corrected chi connectivity index (χ1v) is 5.46. The van der Waals surface area contributed by atoms with Crippen molar-refractivity contribution in [2.24, 2.45) is 0 Å². The third-order valence-electron chi connectivity index (χ3n) is 2.76. The van der Waals surface area contributed by atoms with Crippen LogP contribution >= 0.6 is 0 Å². The Morgan fingerprint density at radius 3 is 2.00 bits per heavy atom. The van der Waals surface area contributed by atoms with Gasteiger partial charge in [-0.1, -0.05) is 0 Å². The largest absolute Gasteiger partial charge is 0.471 e. The number of carbonyl (C=O) groups is 3. The Balaban J connectivity index is 2.78.